The molecule has 4 nitrogen and oxygen atoms in total. The van der Waals surface area contributed by atoms with Crippen molar-refractivity contribution in [3.8, 4) is 0 Å². The first-order chi connectivity index (χ1) is 5.12. The Morgan fingerprint density at radius 3 is 1.91 bits per heavy atom. The number of hydrogen-bond donors (Lipinski definition) is 1. The van der Waals surface area contributed by atoms with Gasteiger partial charge in [0.25, 0.3) is 0 Å². The quantitative estimate of drug-likeness (QED) is 0.554. The molecule has 11 heavy (non-hydrogen) atoms. The van der Waals surface area contributed by atoms with Crippen molar-refractivity contribution in [3.05, 3.63) is 25.3 Å². The van der Waals surface area contributed by atoms with Gasteiger partial charge in [-0.25, -0.2) is 0 Å². The minimum absolute atomic E-state index is 0.0305. The van der Waals surface area contributed by atoms with Gasteiger partial charge in [0.05, 0.1) is 0 Å². The Labute approximate surface area is 71.2 Å². The Bertz CT molecular complexity index is 161. The van der Waals surface area contributed by atoms with Gasteiger partial charge in [0.15, 0.2) is 0 Å². The fraction of sp³-hybridized carbons (Fsp3) is 0.333. The first-order valence-electron chi connectivity index (χ1n) is 2.96. The molecule has 0 bridgehead atoms. The third-order valence-electron chi connectivity index (χ3n) is 0.711. The second kappa shape index (κ2) is 5.61. The van der Waals surface area contributed by atoms with Gasteiger partial charge in [0, 0.05) is 0 Å². The van der Waals surface area contributed by atoms with Crippen LogP contribution in [-0.2, 0) is 9.05 Å². The second-order valence-electron chi connectivity index (χ2n) is 1.64. The Hall–Kier alpha value is -0.0218. The summed E-state index contributed by atoms with van der Waals surface area (Å²) in [6.07, 6.45) is 2.77. The van der Waals surface area contributed by atoms with Crippen LogP contribution in [0.3, 0.4) is 0 Å². The molecule has 0 aliphatic rings. The van der Waals surface area contributed by atoms with E-state index in [2.05, 4.69) is 19.2 Å². The minimum atomic E-state index is -4.73. The molecule has 64 valence electrons. The molecule has 0 amide bonds. The molecular weight excluding hydrogens is 258 g/mol. The summed E-state index contributed by atoms with van der Waals surface area (Å²) in [5, 5.41) is 0. The van der Waals surface area contributed by atoms with E-state index in [-0.39, 0.29) is 13.2 Å². The van der Waals surface area contributed by atoms with E-state index in [9.17, 15) is 3.02 Å². The zero-order valence-corrected chi connectivity index (χ0v) is 8.66. The first kappa shape index (κ1) is 11.0. The van der Waals surface area contributed by atoms with Crippen molar-refractivity contribution in [2.75, 3.05) is 13.2 Å². The third-order valence-corrected chi connectivity index (χ3v) is 3.42. The molecule has 1 N–H and O–H groups in total. The Morgan fingerprint density at radius 2 is 1.64 bits per heavy atom. The maximum absolute atomic E-state index is 10.8. The van der Waals surface area contributed by atoms with Gasteiger partial charge in [-0.1, -0.05) is 0 Å². The zero-order valence-electron chi connectivity index (χ0n) is 6.10. The summed E-state index contributed by atoms with van der Waals surface area (Å²) in [6, 6.07) is 0. The average molecular weight is 269 g/mol. The van der Waals surface area contributed by atoms with Crippen LogP contribution in [-0.4, -0.2) is 36.7 Å². The normalized spacial score (nSPS) is 11.0. The van der Waals surface area contributed by atoms with Crippen molar-refractivity contribution in [1.82, 2.24) is 0 Å². The fourth-order valence-electron chi connectivity index (χ4n) is 0.331. The van der Waals surface area contributed by atoms with Gasteiger partial charge in [-0.3, -0.25) is 0 Å². The third kappa shape index (κ3) is 6.38. The molecule has 0 aliphatic heterocycles. The van der Waals surface area contributed by atoms with E-state index in [4.69, 9.17) is 3.39 Å². The van der Waals surface area contributed by atoms with E-state index >= 15 is 0 Å². The van der Waals surface area contributed by atoms with Crippen LogP contribution < -0.4 is 0 Å². The van der Waals surface area contributed by atoms with Crippen LogP contribution in [0, 0.1) is 0 Å². The molecule has 0 radical (unpaired) electrons. The van der Waals surface area contributed by atoms with E-state index < -0.39 is 20.1 Å². The standard InChI is InChI=1S/2C3H5O.H2O.O.Sb/c2*1-2-3-4;;;/h2*2H,1,3H2;1H2;;/q2*-1;;;+3/p-1. The van der Waals surface area contributed by atoms with E-state index in [1.54, 1.807) is 0 Å². The second-order valence-corrected chi connectivity index (χ2v) is 5.79. The summed E-state index contributed by atoms with van der Waals surface area (Å²) >= 11 is -4.73. The van der Waals surface area contributed by atoms with Crippen LogP contribution in [0.4, 0.5) is 0 Å². The SMILES string of the molecule is C=CC[O][Sb](=[O])([OH])[O]CC=C. The maximum atomic E-state index is 10.8. The average Bonchev–Trinajstić information content (AvgIpc) is 1.97. The summed E-state index contributed by atoms with van der Waals surface area (Å²) in [5.41, 5.74) is 0. The van der Waals surface area contributed by atoms with Crippen LogP contribution in [0.2, 0.25) is 0 Å². The van der Waals surface area contributed by atoms with Crippen LogP contribution >= 0.6 is 0 Å². The zero-order chi connectivity index (χ0) is 8.74. The van der Waals surface area contributed by atoms with Crippen molar-refractivity contribution < 1.29 is 12.4 Å². The molecule has 0 saturated heterocycles. The summed E-state index contributed by atoms with van der Waals surface area (Å²) < 4.78 is 28.7. The predicted octanol–water partition coefficient (Wildman–Crippen LogP) is 0.250. The van der Waals surface area contributed by atoms with Gasteiger partial charge >= 0.3 is 71.0 Å². The fourth-order valence-corrected chi connectivity index (χ4v) is 2.22. The molecule has 0 rings (SSSR count). The van der Waals surface area contributed by atoms with Crippen molar-refractivity contribution in [2.45, 2.75) is 0 Å². The first-order valence-corrected chi connectivity index (χ1v) is 7.23. The number of hydrogen-bond acceptors (Lipinski definition) is 3. The van der Waals surface area contributed by atoms with E-state index in [0.717, 1.165) is 0 Å². The van der Waals surface area contributed by atoms with E-state index in [0.29, 0.717) is 0 Å². The molecule has 0 aromatic carbocycles. The van der Waals surface area contributed by atoms with E-state index in [1.807, 2.05) is 0 Å². The summed E-state index contributed by atoms with van der Waals surface area (Å²) in [6.45, 7) is 6.71. The molecule has 0 saturated carbocycles. The van der Waals surface area contributed by atoms with Gasteiger partial charge in [-0.05, 0) is 0 Å². The molecule has 0 unspecified atom stereocenters. The number of rotatable bonds is 6. The predicted molar refractivity (Wildman–Crippen MR) is 41.0 cm³/mol. The van der Waals surface area contributed by atoms with Crippen molar-refractivity contribution in [3.63, 3.8) is 0 Å². The topological polar surface area (TPSA) is 55.8 Å². The molecular formula is C6H11O4Sb. The molecule has 0 spiro atoms. The Kier molecular flexibility index (Phi) is 5.59. The van der Waals surface area contributed by atoms with Gasteiger partial charge in [-0.15, -0.1) is 0 Å². The molecule has 0 aromatic heterocycles. The molecule has 0 aromatic rings. The molecule has 0 heterocycles. The Morgan fingerprint density at radius 1 is 1.27 bits per heavy atom. The molecule has 0 aliphatic carbocycles. The Balaban J connectivity index is 3.69. The van der Waals surface area contributed by atoms with Gasteiger partial charge in [-0.2, -0.15) is 0 Å². The van der Waals surface area contributed by atoms with Gasteiger partial charge < -0.3 is 0 Å². The van der Waals surface area contributed by atoms with Crippen LogP contribution in [0.15, 0.2) is 25.3 Å². The van der Waals surface area contributed by atoms with Crippen LogP contribution in [0.5, 0.6) is 0 Å². The van der Waals surface area contributed by atoms with Crippen molar-refractivity contribution in [2.24, 2.45) is 0 Å². The van der Waals surface area contributed by atoms with E-state index in [1.165, 1.54) is 12.2 Å². The van der Waals surface area contributed by atoms with Crippen LogP contribution in [0.25, 0.3) is 0 Å². The van der Waals surface area contributed by atoms with Crippen LogP contribution in [0.1, 0.15) is 0 Å². The summed E-state index contributed by atoms with van der Waals surface area (Å²) in [4.78, 5) is 0. The summed E-state index contributed by atoms with van der Waals surface area (Å²) in [5.74, 6) is 0. The van der Waals surface area contributed by atoms with Gasteiger partial charge in [0.1, 0.15) is 0 Å². The van der Waals surface area contributed by atoms with Gasteiger partial charge in [0.2, 0.25) is 0 Å². The van der Waals surface area contributed by atoms with Crippen molar-refractivity contribution >= 4 is 20.1 Å². The molecule has 0 fully saturated rings. The molecule has 5 heteroatoms. The molecule has 0 atom stereocenters. The van der Waals surface area contributed by atoms with Crippen molar-refractivity contribution in [1.29, 1.82) is 0 Å². The monoisotopic (exact) mass is 268 g/mol. The summed E-state index contributed by atoms with van der Waals surface area (Å²) in [7, 11) is 0.